The van der Waals surface area contributed by atoms with Crippen molar-refractivity contribution in [2.45, 2.75) is 30.0 Å². The maximum absolute atomic E-state index is 8.97. The van der Waals surface area contributed by atoms with E-state index in [4.69, 9.17) is 21.4 Å². The number of hydrogen-bond donors (Lipinski definition) is 2. The predicted octanol–water partition coefficient (Wildman–Crippen LogP) is 2.94. The number of aliphatic hydroxyl groups excluding tert-OH is 1. The van der Waals surface area contributed by atoms with E-state index in [-0.39, 0.29) is 6.61 Å². The second-order valence-electron chi connectivity index (χ2n) is 4.33. The summed E-state index contributed by atoms with van der Waals surface area (Å²) in [5.41, 5.74) is 1.12. The van der Waals surface area contributed by atoms with E-state index in [0.29, 0.717) is 11.9 Å². The van der Waals surface area contributed by atoms with Gasteiger partial charge < -0.3 is 15.2 Å². The van der Waals surface area contributed by atoms with Crippen molar-refractivity contribution < 1.29 is 9.84 Å². The Morgan fingerprint density at radius 1 is 1.47 bits per heavy atom. The number of thioether (sulfide) groups is 1. The number of halogens is 1. The third-order valence-corrected chi connectivity index (χ3v) is 4.35. The summed E-state index contributed by atoms with van der Waals surface area (Å²) in [5.74, 6) is 0. The Balaban J connectivity index is 2.66. The Hall–Kier alpha value is -0.260. The molecule has 0 saturated heterocycles. The summed E-state index contributed by atoms with van der Waals surface area (Å²) in [7, 11) is 1.69. The SMILES string of the molecule is COCCNCc1c(Cl)cccc1SC(C)CCO. The third-order valence-electron chi connectivity index (χ3n) is 2.72. The summed E-state index contributed by atoms with van der Waals surface area (Å²) in [6.45, 7) is 4.56. The zero-order chi connectivity index (χ0) is 14.1. The highest BCUT2D eigenvalue weighted by Crippen LogP contribution is 2.32. The van der Waals surface area contributed by atoms with E-state index in [0.717, 1.165) is 30.1 Å². The molecular formula is C14H22ClNO2S. The van der Waals surface area contributed by atoms with Gasteiger partial charge in [0.15, 0.2) is 0 Å². The number of nitrogens with one attached hydrogen (secondary N) is 1. The fourth-order valence-corrected chi connectivity index (χ4v) is 3.10. The van der Waals surface area contributed by atoms with Gasteiger partial charge in [0.25, 0.3) is 0 Å². The van der Waals surface area contributed by atoms with Gasteiger partial charge in [0.2, 0.25) is 0 Å². The van der Waals surface area contributed by atoms with Crippen molar-refractivity contribution >= 4 is 23.4 Å². The molecule has 5 heteroatoms. The minimum absolute atomic E-state index is 0.218. The van der Waals surface area contributed by atoms with Gasteiger partial charge in [0, 0.05) is 42.0 Å². The maximum Gasteiger partial charge on any atom is 0.0587 e. The smallest absolute Gasteiger partial charge is 0.0587 e. The van der Waals surface area contributed by atoms with Crippen LogP contribution in [-0.2, 0) is 11.3 Å². The van der Waals surface area contributed by atoms with Gasteiger partial charge in [-0.15, -0.1) is 11.8 Å². The molecule has 2 N–H and O–H groups in total. The Morgan fingerprint density at radius 3 is 2.95 bits per heavy atom. The van der Waals surface area contributed by atoms with Crippen LogP contribution in [0.3, 0.4) is 0 Å². The quantitative estimate of drug-likeness (QED) is 0.544. The molecule has 0 saturated carbocycles. The first kappa shape index (κ1) is 16.8. The molecule has 0 aliphatic rings. The highest BCUT2D eigenvalue weighted by atomic mass is 35.5. The number of hydrogen-bond acceptors (Lipinski definition) is 4. The van der Waals surface area contributed by atoms with Gasteiger partial charge in [0.05, 0.1) is 6.61 Å². The molecule has 3 nitrogen and oxygen atoms in total. The largest absolute Gasteiger partial charge is 0.396 e. The maximum atomic E-state index is 8.97. The fourth-order valence-electron chi connectivity index (χ4n) is 1.67. The van der Waals surface area contributed by atoms with E-state index >= 15 is 0 Å². The summed E-state index contributed by atoms with van der Waals surface area (Å²) in [4.78, 5) is 1.18. The van der Waals surface area contributed by atoms with E-state index in [1.54, 1.807) is 18.9 Å². The van der Waals surface area contributed by atoms with E-state index in [9.17, 15) is 0 Å². The standard InChI is InChI=1S/C14H22ClNO2S/c1-11(6-8-17)19-14-5-3-4-13(15)12(14)10-16-7-9-18-2/h3-5,11,16-17H,6-10H2,1-2H3. The van der Waals surface area contributed by atoms with Crippen LogP contribution in [0.25, 0.3) is 0 Å². The molecule has 1 aromatic carbocycles. The molecule has 0 heterocycles. The molecule has 108 valence electrons. The zero-order valence-corrected chi connectivity index (χ0v) is 13.1. The van der Waals surface area contributed by atoms with Gasteiger partial charge in [-0.05, 0) is 24.1 Å². The number of aliphatic hydroxyl groups is 1. The zero-order valence-electron chi connectivity index (χ0n) is 11.5. The van der Waals surface area contributed by atoms with Crippen LogP contribution < -0.4 is 5.32 Å². The summed E-state index contributed by atoms with van der Waals surface area (Å²) in [6, 6.07) is 5.96. The van der Waals surface area contributed by atoms with Crippen molar-refractivity contribution in [1.82, 2.24) is 5.32 Å². The van der Waals surface area contributed by atoms with Crippen molar-refractivity contribution in [2.24, 2.45) is 0 Å². The van der Waals surface area contributed by atoms with Crippen LogP contribution in [0.2, 0.25) is 5.02 Å². The topological polar surface area (TPSA) is 41.5 Å². The van der Waals surface area contributed by atoms with Crippen molar-refractivity contribution in [3.63, 3.8) is 0 Å². The van der Waals surface area contributed by atoms with Gasteiger partial charge in [-0.3, -0.25) is 0 Å². The van der Waals surface area contributed by atoms with E-state index in [1.807, 2.05) is 12.1 Å². The lowest BCUT2D eigenvalue weighted by atomic mass is 10.2. The molecule has 0 aliphatic carbocycles. The van der Waals surface area contributed by atoms with Gasteiger partial charge in [0.1, 0.15) is 0 Å². The second kappa shape index (κ2) is 9.61. The second-order valence-corrected chi connectivity index (χ2v) is 6.21. The third kappa shape index (κ3) is 6.15. The van der Waals surface area contributed by atoms with Crippen molar-refractivity contribution in [1.29, 1.82) is 0 Å². The molecule has 1 rings (SSSR count). The Bertz CT molecular complexity index is 376. The predicted molar refractivity (Wildman–Crippen MR) is 82.1 cm³/mol. The first-order valence-electron chi connectivity index (χ1n) is 6.43. The average Bonchev–Trinajstić information content (AvgIpc) is 2.37. The van der Waals surface area contributed by atoms with Crippen molar-refractivity contribution in [2.75, 3.05) is 26.9 Å². The highest BCUT2D eigenvalue weighted by molar-refractivity contribution is 8.00. The average molecular weight is 304 g/mol. The normalized spacial score (nSPS) is 12.6. The van der Waals surface area contributed by atoms with Crippen LogP contribution in [0, 0.1) is 0 Å². The molecule has 1 unspecified atom stereocenters. The molecule has 0 aliphatic heterocycles. The summed E-state index contributed by atoms with van der Waals surface area (Å²) in [5, 5.41) is 13.4. The van der Waals surface area contributed by atoms with Crippen molar-refractivity contribution in [3.8, 4) is 0 Å². The van der Waals surface area contributed by atoms with Crippen LogP contribution in [0.5, 0.6) is 0 Å². The first-order valence-corrected chi connectivity index (χ1v) is 7.69. The first-order chi connectivity index (χ1) is 9.19. The highest BCUT2D eigenvalue weighted by Gasteiger charge is 2.10. The molecule has 0 fully saturated rings. The number of ether oxygens (including phenoxy) is 1. The number of rotatable bonds is 9. The van der Waals surface area contributed by atoms with Gasteiger partial charge in [-0.25, -0.2) is 0 Å². The summed E-state index contributed by atoms with van der Waals surface area (Å²) >= 11 is 8.03. The van der Waals surface area contributed by atoms with Crippen LogP contribution in [0.4, 0.5) is 0 Å². The van der Waals surface area contributed by atoms with E-state index < -0.39 is 0 Å². The number of methoxy groups -OCH3 is 1. The van der Waals surface area contributed by atoms with Crippen molar-refractivity contribution in [3.05, 3.63) is 28.8 Å². The Kier molecular flexibility index (Phi) is 8.50. The lowest BCUT2D eigenvalue weighted by Gasteiger charge is -2.15. The van der Waals surface area contributed by atoms with Crippen LogP contribution in [0.15, 0.2) is 23.1 Å². The minimum atomic E-state index is 0.218. The Morgan fingerprint density at radius 2 is 2.26 bits per heavy atom. The van der Waals surface area contributed by atoms with Crippen LogP contribution in [-0.4, -0.2) is 37.2 Å². The molecule has 0 bridgehead atoms. The molecule has 19 heavy (non-hydrogen) atoms. The molecule has 1 atom stereocenters. The molecule has 0 aromatic heterocycles. The van der Waals surface area contributed by atoms with E-state index in [1.165, 1.54) is 4.90 Å². The molecular weight excluding hydrogens is 282 g/mol. The van der Waals surface area contributed by atoms with E-state index in [2.05, 4.69) is 18.3 Å². The summed E-state index contributed by atoms with van der Waals surface area (Å²) < 4.78 is 5.01. The van der Waals surface area contributed by atoms with Crippen LogP contribution in [0.1, 0.15) is 18.9 Å². The minimum Gasteiger partial charge on any atom is -0.396 e. The molecule has 0 amide bonds. The lowest BCUT2D eigenvalue weighted by Crippen LogP contribution is -2.19. The van der Waals surface area contributed by atoms with Crippen LogP contribution >= 0.6 is 23.4 Å². The molecule has 0 radical (unpaired) electrons. The fraction of sp³-hybridized carbons (Fsp3) is 0.571. The number of benzene rings is 1. The lowest BCUT2D eigenvalue weighted by molar-refractivity contribution is 0.199. The van der Waals surface area contributed by atoms with Gasteiger partial charge >= 0.3 is 0 Å². The monoisotopic (exact) mass is 303 g/mol. The Labute approximate surface area is 124 Å². The molecule has 0 spiro atoms. The van der Waals surface area contributed by atoms with Gasteiger partial charge in [-0.2, -0.15) is 0 Å². The molecule has 1 aromatic rings. The van der Waals surface area contributed by atoms with Gasteiger partial charge in [-0.1, -0.05) is 24.6 Å². The summed E-state index contributed by atoms with van der Waals surface area (Å²) in [6.07, 6.45) is 0.785.